The zero-order chi connectivity index (χ0) is 17.1. The molecule has 0 radical (unpaired) electrons. The molecule has 0 aliphatic heterocycles. The zero-order valence-corrected chi connectivity index (χ0v) is 15.2. The predicted molar refractivity (Wildman–Crippen MR) is 106 cm³/mol. The van der Waals surface area contributed by atoms with Crippen LogP contribution in [-0.2, 0) is 7.05 Å². The summed E-state index contributed by atoms with van der Waals surface area (Å²) in [5, 5.41) is 2.60. The number of fused-ring (bicyclic) bond motifs is 4. The highest BCUT2D eigenvalue weighted by Crippen LogP contribution is 2.34. The monoisotopic (exact) mass is 343 g/mol. The largest absolute Gasteiger partial charge is 0.344 e. The van der Waals surface area contributed by atoms with Gasteiger partial charge in [-0.15, -0.1) is 0 Å². The first-order valence-corrected chi connectivity index (χ1v) is 9.07. The lowest BCUT2D eigenvalue weighted by Crippen LogP contribution is -1.88. The molecule has 2 aromatic heterocycles. The first kappa shape index (κ1) is 14.6. The maximum atomic E-state index is 4.54. The van der Waals surface area contributed by atoms with E-state index in [0.29, 0.717) is 0 Å². The smallest absolute Gasteiger partial charge is 0.112 e. The van der Waals surface area contributed by atoms with Crippen LogP contribution in [-0.4, -0.2) is 13.3 Å². The summed E-state index contributed by atoms with van der Waals surface area (Å²) < 4.78 is 11.3. The van der Waals surface area contributed by atoms with Gasteiger partial charge in [0.1, 0.15) is 11.0 Å². The molecule has 0 aliphatic carbocycles. The number of aromatic nitrogens is 3. The van der Waals surface area contributed by atoms with Crippen molar-refractivity contribution in [2.45, 2.75) is 13.8 Å². The minimum atomic E-state index is 0.999. The van der Waals surface area contributed by atoms with E-state index in [9.17, 15) is 0 Å². The van der Waals surface area contributed by atoms with Gasteiger partial charge in [0, 0.05) is 34.4 Å². The van der Waals surface area contributed by atoms with E-state index >= 15 is 0 Å². The van der Waals surface area contributed by atoms with Crippen LogP contribution in [0.15, 0.2) is 48.5 Å². The van der Waals surface area contributed by atoms with Gasteiger partial charge in [0.25, 0.3) is 0 Å². The van der Waals surface area contributed by atoms with Crippen LogP contribution in [0.5, 0.6) is 0 Å². The maximum Gasteiger partial charge on any atom is 0.112 e. The molecule has 0 aliphatic rings. The molecule has 5 aromatic rings. The molecule has 4 heteroatoms. The lowest BCUT2D eigenvalue weighted by Gasteiger charge is -2.05. The van der Waals surface area contributed by atoms with Crippen molar-refractivity contribution < 1.29 is 0 Å². The Morgan fingerprint density at radius 3 is 2.36 bits per heavy atom. The standard InChI is InChI=1S/C21H17N3S/c1-12-4-7-16-17-9-6-14(11-19(17)24(3)18(16)10-12)15-8-5-13(2)20-21(15)23-25-22-20/h4-11H,1-3H3. The summed E-state index contributed by atoms with van der Waals surface area (Å²) in [4.78, 5) is 0. The highest BCUT2D eigenvalue weighted by molar-refractivity contribution is 7.00. The topological polar surface area (TPSA) is 30.7 Å². The second kappa shape index (κ2) is 5.14. The molecule has 0 saturated heterocycles. The van der Waals surface area contributed by atoms with Crippen molar-refractivity contribution in [2.24, 2.45) is 7.05 Å². The average Bonchev–Trinajstić information content (AvgIpc) is 3.20. The van der Waals surface area contributed by atoms with Crippen molar-refractivity contribution in [3.8, 4) is 11.1 Å². The van der Waals surface area contributed by atoms with Gasteiger partial charge in [-0.05, 0) is 42.7 Å². The molecule has 5 rings (SSSR count). The van der Waals surface area contributed by atoms with Crippen LogP contribution in [0.1, 0.15) is 11.1 Å². The molecule has 2 heterocycles. The molecule has 0 fully saturated rings. The third kappa shape index (κ3) is 2.04. The molecular formula is C21H17N3S. The molecule has 3 nitrogen and oxygen atoms in total. The lowest BCUT2D eigenvalue weighted by molar-refractivity contribution is 1.01. The molecule has 0 unspecified atom stereocenters. The van der Waals surface area contributed by atoms with Gasteiger partial charge in [0.2, 0.25) is 0 Å². The van der Waals surface area contributed by atoms with E-state index in [-0.39, 0.29) is 0 Å². The molecule has 0 bridgehead atoms. The zero-order valence-electron chi connectivity index (χ0n) is 14.4. The average molecular weight is 343 g/mol. The van der Waals surface area contributed by atoms with Crippen molar-refractivity contribution in [3.05, 3.63) is 59.7 Å². The highest BCUT2D eigenvalue weighted by atomic mass is 32.1. The number of nitrogens with zero attached hydrogens (tertiary/aromatic N) is 3. The summed E-state index contributed by atoms with van der Waals surface area (Å²) >= 11 is 1.28. The van der Waals surface area contributed by atoms with Crippen molar-refractivity contribution in [2.75, 3.05) is 0 Å². The maximum absolute atomic E-state index is 4.54. The van der Waals surface area contributed by atoms with Gasteiger partial charge in [0.15, 0.2) is 0 Å². The van der Waals surface area contributed by atoms with Gasteiger partial charge in [-0.1, -0.05) is 36.4 Å². The van der Waals surface area contributed by atoms with Crippen LogP contribution in [0.25, 0.3) is 44.0 Å². The predicted octanol–water partition coefficient (Wildman–Crippen LogP) is 5.62. The minimum Gasteiger partial charge on any atom is -0.344 e. The van der Waals surface area contributed by atoms with E-state index in [2.05, 4.69) is 82.7 Å². The summed E-state index contributed by atoms with van der Waals surface area (Å²) in [5.41, 5.74) is 9.33. The molecule has 0 amide bonds. The van der Waals surface area contributed by atoms with Crippen LogP contribution in [0.3, 0.4) is 0 Å². The highest BCUT2D eigenvalue weighted by Gasteiger charge is 2.13. The number of rotatable bonds is 1. The van der Waals surface area contributed by atoms with E-state index in [1.54, 1.807) is 0 Å². The van der Waals surface area contributed by atoms with E-state index in [0.717, 1.165) is 16.6 Å². The second-order valence-corrected chi connectivity index (χ2v) is 7.23. The van der Waals surface area contributed by atoms with Crippen molar-refractivity contribution in [1.82, 2.24) is 13.3 Å². The minimum absolute atomic E-state index is 0.999. The van der Waals surface area contributed by atoms with Crippen molar-refractivity contribution in [1.29, 1.82) is 0 Å². The number of hydrogen-bond donors (Lipinski definition) is 0. The van der Waals surface area contributed by atoms with Gasteiger partial charge in [-0.2, -0.15) is 8.75 Å². The molecule has 25 heavy (non-hydrogen) atoms. The van der Waals surface area contributed by atoms with Crippen LogP contribution in [0, 0.1) is 13.8 Å². The van der Waals surface area contributed by atoms with Crippen molar-refractivity contribution in [3.63, 3.8) is 0 Å². The fraction of sp³-hybridized carbons (Fsp3) is 0.143. The van der Waals surface area contributed by atoms with Gasteiger partial charge in [0.05, 0.1) is 11.7 Å². The molecule has 0 atom stereocenters. The Morgan fingerprint density at radius 1 is 0.800 bits per heavy atom. The first-order chi connectivity index (χ1) is 12.1. The summed E-state index contributed by atoms with van der Waals surface area (Å²) in [5.74, 6) is 0. The Bertz CT molecular complexity index is 1280. The fourth-order valence-electron chi connectivity index (χ4n) is 3.70. The van der Waals surface area contributed by atoms with E-state index < -0.39 is 0 Å². The lowest BCUT2D eigenvalue weighted by atomic mass is 10.0. The third-order valence-electron chi connectivity index (χ3n) is 5.09. The quantitative estimate of drug-likeness (QED) is 0.395. The summed E-state index contributed by atoms with van der Waals surface area (Å²) in [6, 6.07) is 17.7. The fourth-order valence-corrected chi connectivity index (χ4v) is 4.32. The Kier molecular flexibility index (Phi) is 3.00. The molecule has 122 valence electrons. The van der Waals surface area contributed by atoms with Crippen LogP contribution in [0.4, 0.5) is 0 Å². The van der Waals surface area contributed by atoms with Crippen LogP contribution in [0.2, 0.25) is 0 Å². The third-order valence-corrected chi connectivity index (χ3v) is 5.62. The van der Waals surface area contributed by atoms with Gasteiger partial charge < -0.3 is 4.57 Å². The van der Waals surface area contributed by atoms with E-state index in [1.165, 1.54) is 50.2 Å². The number of aryl methyl sites for hydroxylation is 3. The summed E-state index contributed by atoms with van der Waals surface area (Å²) in [7, 11) is 2.14. The summed E-state index contributed by atoms with van der Waals surface area (Å²) in [6.45, 7) is 4.23. The SMILES string of the molecule is Cc1ccc2c3ccc(-c4ccc(C)c5nsnc45)cc3n(C)c2c1. The summed E-state index contributed by atoms with van der Waals surface area (Å²) in [6.07, 6.45) is 0. The molecule has 0 N–H and O–H groups in total. The van der Waals surface area contributed by atoms with E-state index in [1.807, 2.05) is 0 Å². The molecule has 0 spiro atoms. The van der Waals surface area contributed by atoms with Crippen molar-refractivity contribution >= 4 is 44.6 Å². The second-order valence-electron chi connectivity index (χ2n) is 6.70. The van der Waals surface area contributed by atoms with Crippen LogP contribution >= 0.6 is 11.7 Å². The van der Waals surface area contributed by atoms with Crippen LogP contribution < -0.4 is 0 Å². The molecular weight excluding hydrogens is 326 g/mol. The molecule has 3 aromatic carbocycles. The first-order valence-electron chi connectivity index (χ1n) is 8.34. The Morgan fingerprint density at radius 2 is 1.52 bits per heavy atom. The van der Waals surface area contributed by atoms with Gasteiger partial charge in [-0.3, -0.25) is 0 Å². The Hall–Kier alpha value is -2.72. The Balaban J connectivity index is 1.83. The van der Waals surface area contributed by atoms with Gasteiger partial charge in [-0.25, -0.2) is 0 Å². The normalized spacial score (nSPS) is 11.8. The number of benzene rings is 3. The molecule has 0 saturated carbocycles. The van der Waals surface area contributed by atoms with E-state index in [4.69, 9.17) is 0 Å². The van der Waals surface area contributed by atoms with Gasteiger partial charge >= 0.3 is 0 Å². The Labute approximate surface area is 149 Å². The number of hydrogen-bond acceptors (Lipinski definition) is 3.